The van der Waals surface area contributed by atoms with E-state index in [-0.39, 0.29) is 22.6 Å². The van der Waals surface area contributed by atoms with Gasteiger partial charge in [0.25, 0.3) is 0 Å². The lowest BCUT2D eigenvalue weighted by Crippen LogP contribution is -2.20. The molecule has 0 heterocycles. The summed E-state index contributed by atoms with van der Waals surface area (Å²) in [5.41, 5.74) is 11.1. The standard InChI is InChI=1S/C22H30.C18H28N2O2.C16H26/c1-21(2,3)15-17-7-11-19(12-8-17)20-13-9-18(10-14-20)16-22(4,5)6;1-17(2,3)11-15(21)19-13-8-7-9-14(10-13)20-16(22)12-18(4,5)6;1-15(2,3)11-13-8-7-9-14(10-13)12-16(4,5)6/h7-14H,15-16H2,1-6H3;7-10H,11-12H2,1-6H3,(H,19,21)(H,20,22);7-10H,11-12H2,1-6H3. The van der Waals surface area contributed by atoms with Crippen LogP contribution in [0.3, 0.4) is 0 Å². The summed E-state index contributed by atoms with van der Waals surface area (Å²) in [5, 5.41) is 5.74. The lowest BCUT2D eigenvalue weighted by Gasteiger charge is -2.21. The molecule has 0 unspecified atom stereocenters. The topological polar surface area (TPSA) is 58.2 Å². The van der Waals surface area contributed by atoms with Crippen LogP contribution in [0.25, 0.3) is 11.1 Å². The molecular formula is C56H84N2O2. The van der Waals surface area contributed by atoms with E-state index in [9.17, 15) is 9.59 Å². The highest BCUT2D eigenvalue weighted by Crippen LogP contribution is 2.28. The third kappa shape index (κ3) is 24.8. The number of anilines is 2. The zero-order valence-electron chi connectivity index (χ0n) is 41.3. The van der Waals surface area contributed by atoms with Crippen molar-refractivity contribution in [1.82, 2.24) is 0 Å². The molecule has 0 fully saturated rings. The smallest absolute Gasteiger partial charge is 0.224 e. The second-order valence-electron chi connectivity index (χ2n) is 24.3. The van der Waals surface area contributed by atoms with Gasteiger partial charge < -0.3 is 10.6 Å². The predicted octanol–water partition coefficient (Wildman–Crippen LogP) is 15.8. The average molecular weight is 817 g/mol. The lowest BCUT2D eigenvalue weighted by molar-refractivity contribution is -0.118. The van der Waals surface area contributed by atoms with Crippen LogP contribution in [0, 0.1) is 32.5 Å². The van der Waals surface area contributed by atoms with E-state index in [4.69, 9.17) is 0 Å². The highest BCUT2D eigenvalue weighted by molar-refractivity contribution is 5.94. The normalized spacial score (nSPS) is 12.4. The molecule has 4 rings (SSSR count). The molecule has 0 bridgehead atoms. The molecule has 0 saturated carbocycles. The molecule has 0 saturated heterocycles. The van der Waals surface area contributed by atoms with E-state index in [2.05, 4.69) is 167 Å². The first-order valence-corrected chi connectivity index (χ1v) is 22.2. The molecule has 2 amide bonds. The van der Waals surface area contributed by atoms with E-state index < -0.39 is 0 Å². The van der Waals surface area contributed by atoms with Crippen LogP contribution < -0.4 is 10.6 Å². The van der Waals surface area contributed by atoms with Crippen LogP contribution in [-0.4, -0.2) is 11.8 Å². The zero-order valence-corrected chi connectivity index (χ0v) is 41.3. The molecule has 2 N–H and O–H groups in total. The Bertz CT molecular complexity index is 1770. The maximum absolute atomic E-state index is 12.0. The predicted molar refractivity (Wildman–Crippen MR) is 263 cm³/mol. The number of benzene rings is 4. The zero-order chi connectivity index (χ0) is 45.7. The highest BCUT2D eigenvalue weighted by Gasteiger charge is 2.19. The third-order valence-corrected chi connectivity index (χ3v) is 8.98. The molecule has 0 spiro atoms. The van der Waals surface area contributed by atoms with Gasteiger partial charge in [-0.1, -0.05) is 203 Å². The summed E-state index contributed by atoms with van der Waals surface area (Å²) >= 11 is 0. The van der Waals surface area contributed by atoms with Crippen LogP contribution in [0.5, 0.6) is 0 Å². The van der Waals surface area contributed by atoms with E-state index in [0.29, 0.717) is 45.9 Å². The number of carbonyl (C=O) groups is 2. The molecule has 4 aromatic rings. The average Bonchev–Trinajstić information content (AvgIpc) is 3.02. The Morgan fingerprint density at radius 3 is 0.917 bits per heavy atom. The van der Waals surface area contributed by atoms with E-state index in [1.165, 1.54) is 33.4 Å². The van der Waals surface area contributed by atoms with Crippen LogP contribution in [0.1, 0.15) is 160 Å². The maximum atomic E-state index is 12.0. The van der Waals surface area contributed by atoms with Gasteiger partial charge in [-0.05, 0) is 110 Å². The molecule has 60 heavy (non-hydrogen) atoms. The van der Waals surface area contributed by atoms with E-state index in [1.54, 1.807) is 6.07 Å². The highest BCUT2D eigenvalue weighted by atomic mass is 16.2. The van der Waals surface area contributed by atoms with Gasteiger partial charge in [-0.2, -0.15) is 0 Å². The monoisotopic (exact) mass is 817 g/mol. The van der Waals surface area contributed by atoms with Gasteiger partial charge in [0.2, 0.25) is 11.8 Å². The van der Waals surface area contributed by atoms with E-state index in [0.717, 1.165) is 25.7 Å². The first-order valence-electron chi connectivity index (χ1n) is 22.2. The molecule has 330 valence electrons. The fourth-order valence-corrected chi connectivity index (χ4v) is 6.98. The van der Waals surface area contributed by atoms with Crippen molar-refractivity contribution in [2.24, 2.45) is 32.5 Å². The Hall–Kier alpha value is -4.18. The first kappa shape index (κ1) is 52.0. The Labute approximate surface area is 368 Å². The minimum Gasteiger partial charge on any atom is -0.326 e. The van der Waals surface area contributed by atoms with Crippen LogP contribution in [0.4, 0.5) is 11.4 Å². The summed E-state index contributed by atoms with van der Waals surface area (Å²) in [6.45, 7) is 39.6. The van der Waals surface area contributed by atoms with Gasteiger partial charge in [0, 0.05) is 24.2 Å². The molecule has 0 aliphatic heterocycles. The maximum Gasteiger partial charge on any atom is 0.224 e. The minimum absolute atomic E-state index is 0.0225. The van der Waals surface area contributed by atoms with Gasteiger partial charge in [0.15, 0.2) is 0 Å². The molecule has 0 aliphatic rings. The fraction of sp³-hybridized carbons (Fsp3) is 0.536. The Balaban J connectivity index is 0.000000315. The van der Waals surface area contributed by atoms with Gasteiger partial charge in [-0.3, -0.25) is 9.59 Å². The molecule has 4 nitrogen and oxygen atoms in total. The minimum atomic E-state index is -0.0530. The van der Waals surface area contributed by atoms with Crippen LogP contribution in [0.2, 0.25) is 0 Å². The van der Waals surface area contributed by atoms with Crippen LogP contribution in [0.15, 0.2) is 97.1 Å². The number of carbonyl (C=O) groups excluding carboxylic acids is 2. The van der Waals surface area contributed by atoms with Crippen molar-refractivity contribution >= 4 is 23.2 Å². The van der Waals surface area contributed by atoms with Crippen molar-refractivity contribution in [3.63, 3.8) is 0 Å². The number of hydrogen-bond donors (Lipinski definition) is 2. The Morgan fingerprint density at radius 2 is 0.633 bits per heavy atom. The third-order valence-electron chi connectivity index (χ3n) is 8.98. The second kappa shape index (κ2) is 21.6. The SMILES string of the molecule is CC(C)(C)CC(=O)Nc1cccc(NC(=O)CC(C)(C)C)c1.CC(C)(C)Cc1ccc(-c2ccc(CC(C)(C)C)cc2)cc1.CC(C)(C)Cc1cccc(CC(C)(C)C)c1. The van der Waals surface area contributed by atoms with Gasteiger partial charge in [0.05, 0.1) is 0 Å². The molecule has 4 aromatic carbocycles. The van der Waals surface area contributed by atoms with Crippen LogP contribution >= 0.6 is 0 Å². The molecule has 0 atom stereocenters. The number of hydrogen-bond acceptors (Lipinski definition) is 2. The summed E-state index contributed by atoms with van der Waals surface area (Å²) in [6, 6.07) is 34.4. The largest absolute Gasteiger partial charge is 0.326 e. The lowest BCUT2D eigenvalue weighted by atomic mass is 9.85. The molecule has 0 aliphatic carbocycles. The van der Waals surface area contributed by atoms with E-state index >= 15 is 0 Å². The molecule has 0 radical (unpaired) electrons. The quantitative estimate of drug-likeness (QED) is 0.177. The number of rotatable bonds is 9. The van der Waals surface area contributed by atoms with Gasteiger partial charge in [-0.15, -0.1) is 0 Å². The van der Waals surface area contributed by atoms with Crippen molar-refractivity contribution in [3.05, 3.63) is 119 Å². The summed E-state index contributed by atoms with van der Waals surface area (Å²) in [7, 11) is 0. The summed E-state index contributed by atoms with van der Waals surface area (Å²) in [6.07, 6.45) is 5.47. The van der Waals surface area contributed by atoms with Crippen molar-refractivity contribution in [1.29, 1.82) is 0 Å². The Kier molecular flexibility index (Phi) is 18.7. The van der Waals surface area contributed by atoms with Crippen molar-refractivity contribution in [2.45, 2.75) is 163 Å². The first-order chi connectivity index (χ1) is 27.2. The summed E-state index contributed by atoms with van der Waals surface area (Å²) in [4.78, 5) is 23.9. The van der Waals surface area contributed by atoms with Crippen LogP contribution in [-0.2, 0) is 35.3 Å². The van der Waals surface area contributed by atoms with Crippen molar-refractivity contribution < 1.29 is 9.59 Å². The van der Waals surface area contributed by atoms with Gasteiger partial charge in [-0.25, -0.2) is 0 Å². The second-order valence-corrected chi connectivity index (χ2v) is 24.3. The summed E-state index contributed by atoms with van der Waals surface area (Å²) in [5.74, 6) is -0.0451. The number of nitrogens with one attached hydrogen (secondary N) is 2. The Morgan fingerprint density at radius 1 is 0.350 bits per heavy atom. The van der Waals surface area contributed by atoms with Gasteiger partial charge >= 0.3 is 0 Å². The van der Waals surface area contributed by atoms with Crippen molar-refractivity contribution in [3.8, 4) is 11.1 Å². The van der Waals surface area contributed by atoms with Crippen molar-refractivity contribution in [2.75, 3.05) is 10.6 Å². The summed E-state index contributed by atoms with van der Waals surface area (Å²) < 4.78 is 0. The molecule has 0 aromatic heterocycles. The number of amides is 2. The molecular weight excluding hydrogens is 733 g/mol. The van der Waals surface area contributed by atoms with Gasteiger partial charge in [0.1, 0.15) is 0 Å². The van der Waals surface area contributed by atoms with E-state index in [1.807, 2.05) is 59.7 Å². The molecule has 4 heteroatoms. The fourth-order valence-electron chi connectivity index (χ4n) is 6.98.